The summed E-state index contributed by atoms with van der Waals surface area (Å²) in [7, 11) is 0. The number of anilines is 1. The molecule has 0 unspecified atom stereocenters. The van der Waals surface area contributed by atoms with Crippen molar-refractivity contribution in [2.24, 2.45) is 0 Å². The number of non-ortho nitro benzene ring substituents is 1. The third kappa shape index (κ3) is 5.87. The van der Waals surface area contributed by atoms with Crippen molar-refractivity contribution in [3.63, 3.8) is 0 Å². The van der Waals surface area contributed by atoms with Gasteiger partial charge >= 0.3 is 6.03 Å². The summed E-state index contributed by atoms with van der Waals surface area (Å²) in [5.74, 6) is 0.637. The predicted octanol–water partition coefficient (Wildman–Crippen LogP) is 5.55. The number of hydrogen-bond donors (Lipinski definition) is 2. The van der Waals surface area contributed by atoms with E-state index in [0.29, 0.717) is 28.1 Å². The van der Waals surface area contributed by atoms with E-state index in [1.807, 2.05) is 32.0 Å². The molecule has 0 saturated heterocycles. The second-order valence-corrected chi connectivity index (χ2v) is 8.92. The molecular weight excluding hydrogens is 483 g/mol. The Kier molecular flexibility index (Phi) is 7.59. The van der Waals surface area contributed by atoms with Crippen LogP contribution in [-0.2, 0) is 12.3 Å². The zero-order valence-electron chi connectivity index (χ0n) is 19.6. The fraction of sp³-hybridized carbons (Fsp3) is 0.160. The first kappa shape index (κ1) is 24.9. The first-order valence-electron chi connectivity index (χ1n) is 11.0. The number of nitrogens with zero attached hydrogens (tertiary/aromatic N) is 4. The van der Waals surface area contributed by atoms with Gasteiger partial charge in [-0.25, -0.2) is 9.18 Å². The minimum absolute atomic E-state index is 0.0417. The van der Waals surface area contributed by atoms with Crippen LogP contribution in [0.5, 0.6) is 0 Å². The number of thioether (sulfide) groups is 1. The minimum Gasteiger partial charge on any atom is -0.331 e. The van der Waals surface area contributed by atoms with Crippen LogP contribution in [-0.4, -0.2) is 25.7 Å². The Bertz CT molecular complexity index is 1390. The highest BCUT2D eigenvalue weighted by Gasteiger charge is 2.17. The molecule has 0 atom stereocenters. The lowest BCUT2D eigenvalue weighted by Crippen LogP contribution is -2.29. The van der Waals surface area contributed by atoms with Gasteiger partial charge in [-0.15, -0.1) is 10.2 Å². The van der Waals surface area contributed by atoms with Crippen LogP contribution in [0.1, 0.15) is 22.5 Å². The molecule has 0 saturated carbocycles. The smallest absolute Gasteiger partial charge is 0.319 e. The van der Waals surface area contributed by atoms with Gasteiger partial charge in [0, 0.05) is 29.3 Å². The van der Waals surface area contributed by atoms with E-state index in [2.05, 4.69) is 20.8 Å². The van der Waals surface area contributed by atoms with Gasteiger partial charge in [-0.3, -0.25) is 14.7 Å². The Morgan fingerprint density at radius 2 is 1.78 bits per heavy atom. The summed E-state index contributed by atoms with van der Waals surface area (Å²) in [6, 6.07) is 17.4. The highest BCUT2D eigenvalue weighted by molar-refractivity contribution is 7.98. The van der Waals surface area contributed by atoms with Crippen LogP contribution in [0.25, 0.3) is 5.69 Å². The van der Waals surface area contributed by atoms with Crippen molar-refractivity contribution in [1.29, 1.82) is 0 Å². The third-order valence-electron chi connectivity index (χ3n) is 5.56. The van der Waals surface area contributed by atoms with Crippen molar-refractivity contribution in [2.75, 3.05) is 5.32 Å². The molecule has 0 fully saturated rings. The summed E-state index contributed by atoms with van der Waals surface area (Å²) < 4.78 is 15.0. The molecular formula is C25H23FN6O3S. The Morgan fingerprint density at radius 3 is 2.47 bits per heavy atom. The molecule has 1 heterocycles. The lowest BCUT2D eigenvalue weighted by atomic mass is 10.1. The number of carbonyl (C=O) groups is 1. The van der Waals surface area contributed by atoms with Crippen molar-refractivity contribution in [3.05, 3.63) is 105 Å². The van der Waals surface area contributed by atoms with E-state index in [4.69, 9.17) is 0 Å². The number of nitro groups is 1. The van der Waals surface area contributed by atoms with Gasteiger partial charge in [0.2, 0.25) is 0 Å². The maximum Gasteiger partial charge on any atom is 0.319 e. The van der Waals surface area contributed by atoms with E-state index in [1.54, 1.807) is 28.8 Å². The third-order valence-corrected chi connectivity index (χ3v) is 6.56. The quantitative estimate of drug-likeness (QED) is 0.184. The number of amides is 2. The molecule has 4 aromatic rings. The van der Waals surface area contributed by atoms with Crippen LogP contribution >= 0.6 is 11.8 Å². The maximum atomic E-state index is 13.2. The summed E-state index contributed by atoms with van der Waals surface area (Å²) in [5.41, 5.74) is 4.21. The molecule has 3 aromatic carbocycles. The van der Waals surface area contributed by atoms with Gasteiger partial charge in [0.05, 0.1) is 11.5 Å². The van der Waals surface area contributed by atoms with Crippen LogP contribution in [0.2, 0.25) is 0 Å². The molecule has 0 spiro atoms. The summed E-state index contributed by atoms with van der Waals surface area (Å²) >= 11 is 1.38. The molecule has 2 amide bonds. The molecule has 1 aromatic heterocycles. The van der Waals surface area contributed by atoms with E-state index in [9.17, 15) is 19.3 Å². The summed E-state index contributed by atoms with van der Waals surface area (Å²) in [4.78, 5) is 23.2. The normalized spacial score (nSPS) is 10.8. The molecule has 2 N–H and O–H groups in total. The van der Waals surface area contributed by atoms with Gasteiger partial charge in [0.15, 0.2) is 11.0 Å². The van der Waals surface area contributed by atoms with E-state index >= 15 is 0 Å². The van der Waals surface area contributed by atoms with Crippen LogP contribution in [0, 0.1) is 29.8 Å². The van der Waals surface area contributed by atoms with Gasteiger partial charge in [-0.05, 0) is 60.9 Å². The Labute approximate surface area is 210 Å². The molecule has 0 bridgehead atoms. The van der Waals surface area contributed by atoms with E-state index < -0.39 is 11.0 Å². The van der Waals surface area contributed by atoms with Crippen molar-refractivity contribution in [1.82, 2.24) is 20.1 Å². The molecule has 0 aliphatic carbocycles. The number of benzene rings is 3. The van der Waals surface area contributed by atoms with Gasteiger partial charge in [-0.1, -0.05) is 36.0 Å². The summed E-state index contributed by atoms with van der Waals surface area (Å²) in [6.45, 7) is 3.97. The molecule has 36 heavy (non-hydrogen) atoms. The van der Waals surface area contributed by atoms with Crippen molar-refractivity contribution in [2.45, 2.75) is 31.3 Å². The molecule has 4 rings (SSSR count). The van der Waals surface area contributed by atoms with Crippen molar-refractivity contribution >= 4 is 29.2 Å². The fourth-order valence-corrected chi connectivity index (χ4v) is 4.36. The second-order valence-electron chi connectivity index (χ2n) is 7.98. The number of nitrogens with one attached hydrogen (secondary N) is 2. The van der Waals surface area contributed by atoms with E-state index in [0.717, 1.165) is 16.7 Å². The van der Waals surface area contributed by atoms with Crippen molar-refractivity contribution < 1.29 is 14.1 Å². The topological polar surface area (TPSA) is 115 Å². The fourth-order valence-electron chi connectivity index (χ4n) is 3.43. The molecule has 184 valence electrons. The van der Waals surface area contributed by atoms with E-state index in [1.165, 1.54) is 36.0 Å². The monoisotopic (exact) mass is 506 g/mol. The zero-order valence-corrected chi connectivity index (χ0v) is 20.4. The molecule has 11 heteroatoms. The van der Waals surface area contributed by atoms with Gasteiger partial charge in [0.25, 0.3) is 5.69 Å². The van der Waals surface area contributed by atoms with E-state index in [-0.39, 0.29) is 18.0 Å². The number of urea groups is 1. The number of aromatic nitrogens is 3. The highest BCUT2D eigenvalue weighted by atomic mass is 32.2. The lowest BCUT2D eigenvalue weighted by molar-refractivity contribution is -0.384. The first-order chi connectivity index (χ1) is 17.3. The first-order valence-corrected chi connectivity index (χ1v) is 12.0. The number of halogens is 1. The van der Waals surface area contributed by atoms with Crippen LogP contribution in [0.15, 0.2) is 71.9 Å². The van der Waals surface area contributed by atoms with Gasteiger partial charge in [0.1, 0.15) is 5.82 Å². The Hall–Kier alpha value is -4.25. The average Bonchev–Trinajstić information content (AvgIpc) is 3.28. The molecule has 9 nitrogen and oxygen atoms in total. The minimum atomic E-state index is -0.472. The number of aryl methyl sites for hydroxylation is 1. The number of rotatable bonds is 8. The standard InChI is InChI=1S/C25H23FN6O3S/c1-16-4-3-5-22(17(16)2)28-24(33)27-14-23-29-30-25(36-15-18-6-8-19(26)9-7-18)31(23)20-10-12-21(13-11-20)32(34)35/h3-13H,14-15H2,1-2H3,(H2,27,28,33). The molecule has 0 aliphatic heterocycles. The van der Waals surface area contributed by atoms with Crippen LogP contribution < -0.4 is 10.6 Å². The number of nitro benzene ring substituents is 1. The zero-order chi connectivity index (χ0) is 25.7. The van der Waals surface area contributed by atoms with Crippen molar-refractivity contribution in [3.8, 4) is 5.69 Å². The Balaban J connectivity index is 1.54. The summed E-state index contributed by atoms with van der Waals surface area (Å²) in [6.07, 6.45) is 0. The second kappa shape index (κ2) is 11.0. The highest BCUT2D eigenvalue weighted by Crippen LogP contribution is 2.26. The van der Waals surface area contributed by atoms with Crippen LogP contribution in [0.4, 0.5) is 20.6 Å². The van der Waals surface area contributed by atoms with Gasteiger partial charge in [-0.2, -0.15) is 0 Å². The van der Waals surface area contributed by atoms with Gasteiger partial charge < -0.3 is 10.6 Å². The SMILES string of the molecule is Cc1cccc(NC(=O)NCc2nnc(SCc3ccc(F)cc3)n2-c2ccc([N+](=O)[O-])cc2)c1C. The largest absolute Gasteiger partial charge is 0.331 e. The molecule has 0 aliphatic rings. The number of hydrogen-bond acceptors (Lipinski definition) is 6. The maximum absolute atomic E-state index is 13.2. The average molecular weight is 507 g/mol. The molecule has 0 radical (unpaired) electrons. The number of carbonyl (C=O) groups excluding carboxylic acids is 1. The van der Waals surface area contributed by atoms with Crippen LogP contribution in [0.3, 0.4) is 0 Å². The predicted molar refractivity (Wildman–Crippen MR) is 136 cm³/mol. The lowest BCUT2D eigenvalue weighted by Gasteiger charge is -2.13. The Morgan fingerprint density at radius 1 is 1.06 bits per heavy atom. The summed E-state index contributed by atoms with van der Waals surface area (Å²) in [5, 5.41) is 25.7.